The van der Waals surface area contributed by atoms with Gasteiger partial charge in [0.05, 0.1) is 5.52 Å². The molecule has 0 bridgehead atoms. The van der Waals surface area contributed by atoms with Crippen molar-refractivity contribution in [2.45, 2.75) is 13.8 Å². The highest BCUT2D eigenvalue weighted by molar-refractivity contribution is 5.95. The lowest BCUT2D eigenvalue weighted by atomic mass is 10.0. The van der Waals surface area contributed by atoms with E-state index < -0.39 is 0 Å². The molecule has 1 aromatic heterocycles. The van der Waals surface area contributed by atoms with Gasteiger partial charge in [0.25, 0.3) is 0 Å². The number of aromatic nitrogens is 1. The van der Waals surface area contributed by atoms with Gasteiger partial charge in [0.1, 0.15) is 0 Å². The zero-order valence-corrected chi connectivity index (χ0v) is 10.5. The monoisotopic (exact) mass is 224 g/mol. The second kappa shape index (κ2) is 3.59. The summed E-state index contributed by atoms with van der Waals surface area (Å²) in [6.07, 6.45) is 4.39. The zero-order valence-electron chi connectivity index (χ0n) is 10.5. The molecule has 0 amide bonds. The van der Waals surface area contributed by atoms with Crippen LogP contribution < -0.4 is 4.90 Å². The Labute approximate surface area is 102 Å². The molecule has 0 fully saturated rings. The number of hydrogen-bond donors (Lipinski definition) is 0. The van der Waals surface area contributed by atoms with Gasteiger partial charge in [-0.05, 0) is 31.5 Å². The highest BCUT2D eigenvalue weighted by Crippen LogP contribution is 2.32. The smallest absolute Gasteiger partial charge is 0.0800 e. The fourth-order valence-electron chi connectivity index (χ4n) is 2.56. The average molecular weight is 224 g/mol. The third-order valence-corrected chi connectivity index (χ3v) is 3.41. The summed E-state index contributed by atoms with van der Waals surface area (Å²) >= 11 is 0. The maximum atomic E-state index is 4.71. The summed E-state index contributed by atoms with van der Waals surface area (Å²) in [7, 11) is 2.12. The number of aryl methyl sites for hydroxylation is 2. The minimum Gasteiger partial charge on any atom is -0.370 e. The van der Waals surface area contributed by atoms with E-state index in [2.05, 4.69) is 56.1 Å². The molecule has 17 heavy (non-hydrogen) atoms. The quantitative estimate of drug-likeness (QED) is 0.682. The van der Waals surface area contributed by atoms with Crippen molar-refractivity contribution in [2.24, 2.45) is 0 Å². The molecule has 86 valence electrons. The van der Waals surface area contributed by atoms with E-state index in [1.807, 2.05) is 0 Å². The van der Waals surface area contributed by atoms with Gasteiger partial charge in [0.15, 0.2) is 0 Å². The fourth-order valence-corrected chi connectivity index (χ4v) is 2.56. The van der Waals surface area contributed by atoms with E-state index in [0.717, 1.165) is 17.8 Å². The van der Waals surface area contributed by atoms with Gasteiger partial charge in [0.2, 0.25) is 0 Å². The molecule has 3 rings (SSSR count). The normalized spacial score (nSPS) is 14.2. The maximum absolute atomic E-state index is 4.71. The van der Waals surface area contributed by atoms with Crippen LogP contribution in [-0.4, -0.2) is 18.6 Å². The molecular formula is C15H16N2. The van der Waals surface area contributed by atoms with Crippen LogP contribution in [0.25, 0.3) is 17.0 Å². The van der Waals surface area contributed by atoms with Crippen LogP contribution in [0.1, 0.15) is 16.8 Å². The van der Waals surface area contributed by atoms with Crippen molar-refractivity contribution in [1.82, 2.24) is 4.98 Å². The van der Waals surface area contributed by atoms with Gasteiger partial charge in [-0.1, -0.05) is 18.2 Å². The fraction of sp³-hybridized carbons (Fsp3) is 0.267. The Morgan fingerprint density at radius 1 is 1.24 bits per heavy atom. The second-order valence-corrected chi connectivity index (χ2v) is 4.76. The van der Waals surface area contributed by atoms with Gasteiger partial charge in [-0.25, -0.2) is 0 Å². The molecule has 0 aliphatic carbocycles. The Hall–Kier alpha value is -1.83. The highest BCUT2D eigenvalue weighted by Gasteiger charge is 2.14. The molecule has 0 N–H and O–H groups in total. The minimum atomic E-state index is 0.976. The first-order valence-corrected chi connectivity index (χ1v) is 5.95. The van der Waals surface area contributed by atoms with Gasteiger partial charge < -0.3 is 4.90 Å². The first kappa shape index (κ1) is 10.3. The molecule has 0 saturated heterocycles. The molecule has 1 aromatic carbocycles. The molecular weight excluding hydrogens is 208 g/mol. The molecule has 0 spiro atoms. The van der Waals surface area contributed by atoms with Crippen LogP contribution in [0.4, 0.5) is 5.69 Å². The van der Waals surface area contributed by atoms with Gasteiger partial charge in [-0.3, -0.25) is 4.98 Å². The SMILES string of the molecule is Cc1cc(C)c2ccc3c(c2n1)C=CCN3C. The van der Waals surface area contributed by atoms with E-state index in [-0.39, 0.29) is 0 Å². The van der Waals surface area contributed by atoms with Crippen LogP contribution in [0.5, 0.6) is 0 Å². The number of hydrogen-bond acceptors (Lipinski definition) is 2. The van der Waals surface area contributed by atoms with E-state index in [1.54, 1.807) is 0 Å². The molecule has 0 atom stereocenters. The lowest BCUT2D eigenvalue weighted by Crippen LogP contribution is -2.20. The summed E-state index contributed by atoms with van der Waals surface area (Å²) in [6.45, 7) is 5.19. The first-order chi connectivity index (χ1) is 8.16. The summed E-state index contributed by atoms with van der Waals surface area (Å²) in [5.41, 5.74) is 6.05. The minimum absolute atomic E-state index is 0.976. The molecule has 2 aromatic rings. The van der Waals surface area contributed by atoms with E-state index in [0.29, 0.717) is 0 Å². The number of anilines is 1. The standard InChI is InChI=1S/C15H16N2/c1-10-9-11(2)16-15-12(10)6-7-14-13(15)5-4-8-17(14)3/h4-7,9H,8H2,1-3H3. The van der Waals surface area contributed by atoms with Crippen LogP contribution in [0.15, 0.2) is 24.3 Å². The van der Waals surface area contributed by atoms with Crippen LogP contribution in [0.2, 0.25) is 0 Å². The Morgan fingerprint density at radius 3 is 2.88 bits per heavy atom. The molecule has 2 nitrogen and oxygen atoms in total. The Balaban J connectivity index is 2.43. The van der Waals surface area contributed by atoms with Crippen molar-refractivity contribution >= 4 is 22.7 Å². The predicted molar refractivity (Wildman–Crippen MR) is 73.5 cm³/mol. The van der Waals surface area contributed by atoms with E-state index >= 15 is 0 Å². The van der Waals surface area contributed by atoms with Crippen LogP contribution in [-0.2, 0) is 0 Å². The van der Waals surface area contributed by atoms with E-state index in [4.69, 9.17) is 4.98 Å². The molecule has 1 aliphatic rings. The molecule has 2 heterocycles. The van der Waals surface area contributed by atoms with Gasteiger partial charge in [-0.2, -0.15) is 0 Å². The topological polar surface area (TPSA) is 16.1 Å². The summed E-state index contributed by atoms with van der Waals surface area (Å²) < 4.78 is 0. The molecule has 1 aliphatic heterocycles. The van der Waals surface area contributed by atoms with E-state index in [1.165, 1.54) is 22.2 Å². The summed E-state index contributed by atoms with van der Waals surface area (Å²) in [6, 6.07) is 6.53. The lowest BCUT2D eigenvalue weighted by Gasteiger charge is -2.24. The number of rotatable bonds is 0. The third kappa shape index (κ3) is 1.52. The van der Waals surface area contributed by atoms with Crippen molar-refractivity contribution < 1.29 is 0 Å². The second-order valence-electron chi connectivity index (χ2n) is 4.76. The highest BCUT2D eigenvalue weighted by atomic mass is 15.1. The van der Waals surface area contributed by atoms with Gasteiger partial charge >= 0.3 is 0 Å². The number of benzene rings is 1. The predicted octanol–water partition coefficient (Wildman–Crippen LogP) is 3.31. The number of likely N-dealkylation sites (N-methyl/N-ethyl adjacent to an activating group) is 1. The number of nitrogens with zero attached hydrogens (tertiary/aromatic N) is 2. The van der Waals surface area contributed by atoms with Crippen molar-refractivity contribution in [2.75, 3.05) is 18.5 Å². The molecule has 2 heteroatoms. The Bertz CT molecular complexity index is 626. The van der Waals surface area contributed by atoms with Crippen molar-refractivity contribution in [3.05, 3.63) is 41.1 Å². The summed E-state index contributed by atoms with van der Waals surface area (Å²) in [4.78, 5) is 6.96. The molecule has 0 saturated carbocycles. The lowest BCUT2D eigenvalue weighted by molar-refractivity contribution is 1.02. The Morgan fingerprint density at radius 2 is 2.06 bits per heavy atom. The number of fused-ring (bicyclic) bond motifs is 3. The number of pyridine rings is 1. The zero-order chi connectivity index (χ0) is 12.0. The largest absolute Gasteiger partial charge is 0.370 e. The summed E-state index contributed by atoms with van der Waals surface area (Å²) in [5.74, 6) is 0. The first-order valence-electron chi connectivity index (χ1n) is 5.95. The van der Waals surface area contributed by atoms with E-state index in [9.17, 15) is 0 Å². The maximum Gasteiger partial charge on any atom is 0.0800 e. The molecule has 0 unspecified atom stereocenters. The average Bonchev–Trinajstić information content (AvgIpc) is 2.29. The van der Waals surface area contributed by atoms with Crippen LogP contribution in [0, 0.1) is 13.8 Å². The van der Waals surface area contributed by atoms with Crippen LogP contribution >= 0.6 is 0 Å². The van der Waals surface area contributed by atoms with Crippen LogP contribution in [0.3, 0.4) is 0 Å². The van der Waals surface area contributed by atoms with Gasteiger partial charge in [0, 0.05) is 35.9 Å². The van der Waals surface area contributed by atoms with Crippen molar-refractivity contribution in [1.29, 1.82) is 0 Å². The third-order valence-electron chi connectivity index (χ3n) is 3.41. The molecule has 0 radical (unpaired) electrons. The summed E-state index contributed by atoms with van der Waals surface area (Å²) in [5, 5.41) is 1.26. The van der Waals surface area contributed by atoms with Crippen molar-refractivity contribution in [3.63, 3.8) is 0 Å². The Kier molecular flexibility index (Phi) is 2.18. The van der Waals surface area contributed by atoms with Crippen molar-refractivity contribution in [3.8, 4) is 0 Å². The van der Waals surface area contributed by atoms with Gasteiger partial charge in [-0.15, -0.1) is 0 Å².